The number of aromatic nitrogens is 2. The lowest BCUT2D eigenvalue weighted by molar-refractivity contribution is 0.104. The summed E-state index contributed by atoms with van der Waals surface area (Å²) in [7, 11) is 4.68. The van der Waals surface area contributed by atoms with Gasteiger partial charge in [-0.3, -0.25) is 9.59 Å². The number of ether oxygens (including phenoxy) is 3. The number of rotatable bonds is 6. The third-order valence-electron chi connectivity index (χ3n) is 6.98. The molecule has 1 aliphatic rings. The van der Waals surface area contributed by atoms with E-state index in [9.17, 15) is 9.59 Å². The Balaban J connectivity index is 1.57. The molecule has 3 aromatic carbocycles. The quantitative estimate of drug-likeness (QED) is 0.339. The minimum Gasteiger partial charge on any atom is -0.497 e. The van der Waals surface area contributed by atoms with E-state index in [0.29, 0.717) is 52.2 Å². The molecule has 36 heavy (non-hydrogen) atoms. The maximum Gasteiger partial charge on any atom is 0.262 e. The zero-order chi connectivity index (χ0) is 25.0. The van der Waals surface area contributed by atoms with E-state index in [1.165, 1.54) is 14.2 Å². The van der Waals surface area contributed by atoms with E-state index in [1.807, 2.05) is 54.7 Å². The number of carbonyl (C=O) groups excluding carboxylic acids is 1. The number of nitrogens with zero attached hydrogens (tertiary/aromatic N) is 2. The Morgan fingerprint density at radius 1 is 0.806 bits per heavy atom. The van der Waals surface area contributed by atoms with Gasteiger partial charge in [-0.1, -0.05) is 24.3 Å². The number of pyridine rings is 1. The zero-order valence-corrected chi connectivity index (χ0v) is 20.2. The molecule has 0 saturated heterocycles. The molecule has 0 radical (unpaired) electrons. The summed E-state index contributed by atoms with van der Waals surface area (Å²) in [4.78, 5) is 27.6. The molecule has 5 aromatic rings. The van der Waals surface area contributed by atoms with E-state index in [1.54, 1.807) is 23.8 Å². The second kappa shape index (κ2) is 8.30. The topological polar surface area (TPSA) is 71.7 Å². The van der Waals surface area contributed by atoms with E-state index in [-0.39, 0.29) is 11.3 Å². The summed E-state index contributed by atoms with van der Waals surface area (Å²) in [6.45, 7) is 0.908. The SMILES string of the molecule is COc1ccc2c(ccn2CCn2c3c(c4ccc(OC)c(OC)c4c2=O)C(=O)c2ccccc2-3)c1. The third-order valence-corrected chi connectivity index (χ3v) is 6.98. The predicted molar refractivity (Wildman–Crippen MR) is 139 cm³/mol. The molecule has 7 nitrogen and oxygen atoms in total. The predicted octanol–water partition coefficient (Wildman–Crippen LogP) is 4.89. The first-order valence-corrected chi connectivity index (χ1v) is 11.7. The summed E-state index contributed by atoms with van der Waals surface area (Å²) >= 11 is 0. The summed E-state index contributed by atoms with van der Waals surface area (Å²) in [5.41, 5.74) is 3.36. The maximum atomic E-state index is 14.0. The number of benzene rings is 3. The summed E-state index contributed by atoms with van der Waals surface area (Å²) in [5, 5.41) is 1.97. The number of fused-ring (bicyclic) bond motifs is 6. The van der Waals surface area contributed by atoms with Crippen molar-refractivity contribution < 1.29 is 19.0 Å². The molecule has 0 saturated carbocycles. The highest BCUT2D eigenvalue weighted by molar-refractivity contribution is 6.27. The molecule has 0 atom stereocenters. The molecule has 2 aromatic heterocycles. The second-order valence-electron chi connectivity index (χ2n) is 8.71. The van der Waals surface area contributed by atoms with Crippen LogP contribution in [0, 0.1) is 0 Å². The van der Waals surface area contributed by atoms with Gasteiger partial charge in [0, 0.05) is 46.7 Å². The van der Waals surface area contributed by atoms with Crippen molar-refractivity contribution >= 4 is 27.5 Å². The Bertz CT molecular complexity index is 1750. The van der Waals surface area contributed by atoms with Crippen LogP contribution in [-0.2, 0) is 13.1 Å². The van der Waals surface area contributed by atoms with Crippen molar-refractivity contribution in [1.29, 1.82) is 0 Å². The molecule has 1 aliphatic carbocycles. The molecule has 0 aliphatic heterocycles. The molecule has 0 N–H and O–H groups in total. The number of carbonyl (C=O) groups is 1. The number of hydrogen-bond acceptors (Lipinski definition) is 5. The van der Waals surface area contributed by atoms with E-state index in [0.717, 1.165) is 22.2 Å². The Hall–Kier alpha value is -4.52. The van der Waals surface area contributed by atoms with E-state index >= 15 is 0 Å². The highest BCUT2D eigenvalue weighted by atomic mass is 16.5. The van der Waals surface area contributed by atoms with Gasteiger partial charge in [-0.05, 0) is 36.4 Å². The van der Waals surface area contributed by atoms with Gasteiger partial charge in [0.1, 0.15) is 5.75 Å². The number of aryl methyl sites for hydroxylation is 1. The third kappa shape index (κ3) is 3.05. The molecule has 0 unspecified atom stereocenters. The van der Waals surface area contributed by atoms with Gasteiger partial charge in [-0.2, -0.15) is 0 Å². The number of methoxy groups -OCH3 is 3. The maximum absolute atomic E-state index is 14.0. The summed E-state index contributed by atoms with van der Waals surface area (Å²) in [5.74, 6) is 1.48. The Morgan fingerprint density at radius 3 is 2.36 bits per heavy atom. The van der Waals surface area contributed by atoms with Crippen LogP contribution in [0.1, 0.15) is 15.9 Å². The molecular formula is C29H24N2O5. The highest BCUT2D eigenvalue weighted by Gasteiger charge is 2.33. The standard InChI is InChI=1S/C29H24N2O5/c1-34-18-8-10-22-17(16-18)12-13-30(22)14-15-31-26-19-6-4-5-7-20(19)27(32)24(26)21-9-11-23(35-2)28(36-3)25(21)29(31)33/h4-13,16H,14-15H2,1-3H3. The van der Waals surface area contributed by atoms with Crippen molar-refractivity contribution in [2.45, 2.75) is 13.1 Å². The molecule has 0 spiro atoms. The molecule has 6 rings (SSSR count). The van der Waals surface area contributed by atoms with Crippen molar-refractivity contribution in [2.75, 3.05) is 21.3 Å². The fourth-order valence-corrected chi connectivity index (χ4v) is 5.30. The number of ketones is 1. The lowest BCUT2D eigenvalue weighted by atomic mass is 10.0. The van der Waals surface area contributed by atoms with Crippen LogP contribution in [0.25, 0.3) is 32.9 Å². The van der Waals surface area contributed by atoms with Crippen LogP contribution in [0.15, 0.2) is 71.7 Å². The van der Waals surface area contributed by atoms with Crippen molar-refractivity contribution in [2.24, 2.45) is 0 Å². The van der Waals surface area contributed by atoms with Gasteiger partial charge in [-0.15, -0.1) is 0 Å². The van der Waals surface area contributed by atoms with Crippen molar-refractivity contribution in [3.8, 4) is 28.5 Å². The van der Waals surface area contributed by atoms with Gasteiger partial charge in [-0.25, -0.2) is 0 Å². The van der Waals surface area contributed by atoms with Crippen LogP contribution in [0.4, 0.5) is 0 Å². The van der Waals surface area contributed by atoms with Gasteiger partial charge in [0.25, 0.3) is 5.56 Å². The summed E-state index contributed by atoms with van der Waals surface area (Å²) < 4.78 is 20.2. The Kier molecular flexibility index (Phi) is 5.07. The first kappa shape index (κ1) is 22.0. The smallest absolute Gasteiger partial charge is 0.262 e. The van der Waals surface area contributed by atoms with Crippen molar-refractivity contribution in [3.63, 3.8) is 0 Å². The number of hydrogen-bond donors (Lipinski definition) is 0. The largest absolute Gasteiger partial charge is 0.497 e. The summed E-state index contributed by atoms with van der Waals surface area (Å²) in [6.07, 6.45) is 2.00. The van der Waals surface area contributed by atoms with Crippen LogP contribution < -0.4 is 19.8 Å². The minimum absolute atomic E-state index is 0.0925. The Labute approximate surface area is 207 Å². The van der Waals surface area contributed by atoms with Crippen LogP contribution in [0.3, 0.4) is 0 Å². The minimum atomic E-state index is -0.220. The first-order chi connectivity index (χ1) is 17.6. The van der Waals surface area contributed by atoms with E-state index in [4.69, 9.17) is 14.2 Å². The van der Waals surface area contributed by atoms with Crippen LogP contribution in [0.5, 0.6) is 17.2 Å². The van der Waals surface area contributed by atoms with Crippen molar-refractivity contribution in [1.82, 2.24) is 9.13 Å². The zero-order valence-electron chi connectivity index (χ0n) is 20.2. The molecule has 7 heteroatoms. The van der Waals surface area contributed by atoms with Crippen molar-refractivity contribution in [3.05, 3.63) is 88.3 Å². The highest BCUT2D eigenvalue weighted by Crippen LogP contribution is 2.43. The fourth-order valence-electron chi connectivity index (χ4n) is 5.30. The molecule has 180 valence electrons. The molecule has 0 bridgehead atoms. The monoisotopic (exact) mass is 480 g/mol. The lowest BCUT2D eigenvalue weighted by Gasteiger charge is -2.18. The average molecular weight is 481 g/mol. The Morgan fingerprint density at radius 2 is 1.61 bits per heavy atom. The van der Waals surface area contributed by atoms with E-state index in [2.05, 4.69) is 4.57 Å². The van der Waals surface area contributed by atoms with Crippen LogP contribution >= 0.6 is 0 Å². The lowest BCUT2D eigenvalue weighted by Crippen LogP contribution is -2.25. The van der Waals surface area contributed by atoms with Gasteiger partial charge >= 0.3 is 0 Å². The summed E-state index contributed by atoms with van der Waals surface area (Å²) in [6, 6.07) is 18.9. The van der Waals surface area contributed by atoms with Gasteiger partial charge in [0.2, 0.25) is 0 Å². The van der Waals surface area contributed by atoms with Crippen LogP contribution in [-0.4, -0.2) is 36.2 Å². The molecule has 2 heterocycles. The average Bonchev–Trinajstić information content (AvgIpc) is 3.46. The van der Waals surface area contributed by atoms with Crippen LogP contribution in [0.2, 0.25) is 0 Å². The molecule has 0 amide bonds. The second-order valence-corrected chi connectivity index (χ2v) is 8.71. The van der Waals surface area contributed by atoms with Gasteiger partial charge in [0.15, 0.2) is 17.3 Å². The first-order valence-electron chi connectivity index (χ1n) is 11.7. The van der Waals surface area contributed by atoms with Gasteiger partial charge < -0.3 is 23.3 Å². The normalized spacial score (nSPS) is 12.1. The molecular weight excluding hydrogens is 456 g/mol. The fraction of sp³-hybridized carbons (Fsp3) is 0.172. The molecule has 0 fully saturated rings. The van der Waals surface area contributed by atoms with Gasteiger partial charge in [0.05, 0.1) is 38.0 Å². The van der Waals surface area contributed by atoms with E-state index < -0.39 is 0 Å².